The molecule has 0 rings (SSSR count). The molecule has 0 saturated heterocycles. The van der Waals surface area contributed by atoms with Gasteiger partial charge in [-0.1, -0.05) is 33.8 Å². The Morgan fingerprint density at radius 3 is 2.00 bits per heavy atom. The molecule has 0 heterocycles. The standard InChI is InChI=1S/C9H19SSi/c1-6-7-10-11(8(2)3)9(4)5/h6,8-9H,1,7H2,2-5H3. The summed E-state index contributed by atoms with van der Waals surface area (Å²) in [6.45, 7) is 13.1. The lowest BCUT2D eigenvalue weighted by atomic mass is 10.5. The lowest BCUT2D eigenvalue weighted by Crippen LogP contribution is -2.17. The summed E-state index contributed by atoms with van der Waals surface area (Å²) < 4.78 is 0. The minimum absolute atomic E-state index is 0.196. The van der Waals surface area contributed by atoms with E-state index in [1.807, 2.05) is 6.08 Å². The van der Waals surface area contributed by atoms with Crippen LogP contribution < -0.4 is 0 Å². The van der Waals surface area contributed by atoms with Crippen molar-refractivity contribution in [3.8, 4) is 0 Å². The molecule has 0 aromatic heterocycles. The fourth-order valence-electron chi connectivity index (χ4n) is 1.16. The van der Waals surface area contributed by atoms with Gasteiger partial charge in [0, 0.05) is 5.75 Å². The Balaban J connectivity index is 3.79. The third kappa shape index (κ3) is 4.70. The summed E-state index contributed by atoms with van der Waals surface area (Å²) in [7, 11) is -0.196. The molecule has 0 fully saturated rings. The average molecular weight is 187 g/mol. The minimum atomic E-state index is -0.196. The van der Waals surface area contributed by atoms with Gasteiger partial charge in [0.15, 0.2) is 0 Å². The van der Waals surface area contributed by atoms with Crippen molar-refractivity contribution in [2.24, 2.45) is 0 Å². The summed E-state index contributed by atoms with van der Waals surface area (Å²) >= 11 is 2.12. The fraction of sp³-hybridized carbons (Fsp3) is 0.778. The zero-order valence-corrected chi connectivity index (χ0v) is 9.87. The van der Waals surface area contributed by atoms with Crippen molar-refractivity contribution in [2.75, 3.05) is 5.75 Å². The minimum Gasteiger partial charge on any atom is -0.183 e. The normalized spacial score (nSPS) is 11.5. The van der Waals surface area contributed by atoms with Crippen LogP contribution in [0.1, 0.15) is 27.7 Å². The molecule has 2 heteroatoms. The van der Waals surface area contributed by atoms with Gasteiger partial charge in [0.1, 0.15) is 7.95 Å². The first kappa shape index (κ1) is 11.3. The Morgan fingerprint density at radius 1 is 1.27 bits per heavy atom. The van der Waals surface area contributed by atoms with Crippen LogP contribution in [0.4, 0.5) is 0 Å². The van der Waals surface area contributed by atoms with Crippen LogP contribution in [0, 0.1) is 0 Å². The molecule has 0 bridgehead atoms. The van der Waals surface area contributed by atoms with Gasteiger partial charge in [0.05, 0.1) is 0 Å². The van der Waals surface area contributed by atoms with E-state index in [9.17, 15) is 0 Å². The van der Waals surface area contributed by atoms with E-state index in [-0.39, 0.29) is 7.95 Å². The Kier molecular flexibility index (Phi) is 6.06. The zero-order valence-electron chi connectivity index (χ0n) is 8.05. The average Bonchev–Trinajstić information content (AvgIpc) is 1.87. The summed E-state index contributed by atoms with van der Waals surface area (Å²) in [5.74, 6) is 1.13. The van der Waals surface area contributed by atoms with Gasteiger partial charge in [0.25, 0.3) is 0 Å². The highest BCUT2D eigenvalue weighted by molar-refractivity contribution is 8.25. The van der Waals surface area contributed by atoms with Crippen molar-refractivity contribution in [1.29, 1.82) is 0 Å². The highest BCUT2D eigenvalue weighted by Gasteiger charge is 2.19. The van der Waals surface area contributed by atoms with Crippen molar-refractivity contribution in [3.05, 3.63) is 12.7 Å². The summed E-state index contributed by atoms with van der Waals surface area (Å²) in [5.41, 5.74) is 1.76. The zero-order chi connectivity index (χ0) is 8.85. The predicted octanol–water partition coefficient (Wildman–Crippen LogP) is 3.72. The van der Waals surface area contributed by atoms with Crippen LogP contribution >= 0.6 is 11.2 Å². The smallest absolute Gasteiger partial charge is 0.127 e. The molecular formula is C9H19SSi. The predicted molar refractivity (Wildman–Crippen MR) is 58.6 cm³/mol. The van der Waals surface area contributed by atoms with E-state index in [1.54, 1.807) is 0 Å². The van der Waals surface area contributed by atoms with Crippen LogP contribution in [0.3, 0.4) is 0 Å². The van der Waals surface area contributed by atoms with Crippen LogP contribution in [-0.2, 0) is 0 Å². The van der Waals surface area contributed by atoms with E-state index in [0.29, 0.717) is 0 Å². The molecule has 0 spiro atoms. The van der Waals surface area contributed by atoms with Gasteiger partial charge >= 0.3 is 0 Å². The van der Waals surface area contributed by atoms with Crippen LogP contribution in [0.2, 0.25) is 11.1 Å². The van der Waals surface area contributed by atoms with E-state index in [0.717, 1.165) is 16.8 Å². The molecule has 0 unspecified atom stereocenters. The second-order valence-corrected chi connectivity index (χ2v) is 9.33. The maximum absolute atomic E-state index is 3.75. The lowest BCUT2D eigenvalue weighted by molar-refractivity contribution is 0.963. The molecular weight excluding hydrogens is 168 g/mol. The molecule has 65 valence electrons. The number of hydrogen-bond donors (Lipinski definition) is 0. The first-order valence-corrected chi connectivity index (χ1v) is 7.56. The molecule has 0 aromatic rings. The van der Waals surface area contributed by atoms with Crippen molar-refractivity contribution < 1.29 is 0 Å². The first-order valence-electron chi connectivity index (χ1n) is 4.20. The topological polar surface area (TPSA) is 0 Å². The van der Waals surface area contributed by atoms with Gasteiger partial charge in [-0.25, -0.2) is 0 Å². The highest BCUT2D eigenvalue weighted by atomic mass is 32.4. The monoisotopic (exact) mass is 187 g/mol. The van der Waals surface area contributed by atoms with E-state index in [1.165, 1.54) is 0 Å². The van der Waals surface area contributed by atoms with Gasteiger partial charge < -0.3 is 0 Å². The van der Waals surface area contributed by atoms with E-state index >= 15 is 0 Å². The van der Waals surface area contributed by atoms with Crippen molar-refractivity contribution in [2.45, 2.75) is 38.8 Å². The Bertz CT molecular complexity index is 102. The van der Waals surface area contributed by atoms with Gasteiger partial charge in [0.2, 0.25) is 0 Å². The van der Waals surface area contributed by atoms with E-state index in [4.69, 9.17) is 0 Å². The third-order valence-corrected chi connectivity index (χ3v) is 8.85. The maximum atomic E-state index is 3.75. The Hall–Kier alpha value is 0.307. The quantitative estimate of drug-likeness (QED) is 0.467. The molecule has 0 aliphatic carbocycles. The van der Waals surface area contributed by atoms with Crippen LogP contribution in [0.15, 0.2) is 12.7 Å². The first-order chi connectivity index (χ1) is 5.09. The van der Waals surface area contributed by atoms with Crippen LogP contribution in [0.25, 0.3) is 0 Å². The van der Waals surface area contributed by atoms with Gasteiger partial charge in [-0.05, 0) is 11.1 Å². The summed E-state index contributed by atoms with van der Waals surface area (Å²) in [5, 5.41) is 0. The van der Waals surface area contributed by atoms with Crippen molar-refractivity contribution >= 4 is 19.2 Å². The summed E-state index contributed by atoms with van der Waals surface area (Å²) in [6, 6.07) is 0. The van der Waals surface area contributed by atoms with Crippen molar-refractivity contribution in [3.63, 3.8) is 0 Å². The molecule has 0 aromatic carbocycles. The van der Waals surface area contributed by atoms with E-state index in [2.05, 4.69) is 45.5 Å². The molecule has 1 radical (unpaired) electrons. The maximum Gasteiger partial charge on any atom is 0.127 e. The van der Waals surface area contributed by atoms with E-state index < -0.39 is 0 Å². The lowest BCUT2D eigenvalue weighted by Gasteiger charge is -2.20. The second kappa shape index (κ2) is 5.89. The molecule has 11 heavy (non-hydrogen) atoms. The Labute approximate surface area is 76.7 Å². The van der Waals surface area contributed by atoms with Crippen LogP contribution in [0.5, 0.6) is 0 Å². The molecule has 0 N–H and O–H groups in total. The largest absolute Gasteiger partial charge is 0.183 e. The number of rotatable bonds is 5. The molecule has 0 atom stereocenters. The molecule has 0 aliphatic heterocycles. The fourth-order valence-corrected chi connectivity index (χ4v) is 6.40. The molecule has 0 amide bonds. The second-order valence-electron chi connectivity index (χ2n) is 3.31. The number of hydrogen-bond acceptors (Lipinski definition) is 1. The van der Waals surface area contributed by atoms with Gasteiger partial charge in [-0.3, -0.25) is 0 Å². The molecule has 0 nitrogen and oxygen atoms in total. The summed E-state index contributed by atoms with van der Waals surface area (Å²) in [6.07, 6.45) is 2.01. The van der Waals surface area contributed by atoms with Crippen LogP contribution in [-0.4, -0.2) is 13.7 Å². The van der Waals surface area contributed by atoms with Gasteiger partial charge in [-0.2, -0.15) is 11.2 Å². The van der Waals surface area contributed by atoms with Gasteiger partial charge in [-0.15, -0.1) is 6.58 Å². The Morgan fingerprint density at radius 2 is 1.73 bits per heavy atom. The molecule has 0 aliphatic rings. The molecule has 0 saturated carbocycles. The SMILES string of the molecule is C=CCS[Si](C(C)C)C(C)C. The van der Waals surface area contributed by atoms with Crippen molar-refractivity contribution in [1.82, 2.24) is 0 Å². The highest BCUT2D eigenvalue weighted by Crippen LogP contribution is 2.29. The third-order valence-electron chi connectivity index (χ3n) is 1.51. The summed E-state index contributed by atoms with van der Waals surface area (Å²) in [4.78, 5) is 0.